The Bertz CT molecular complexity index is 1100. The highest BCUT2D eigenvalue weighted by Gasteiger charge is 2.25. The van der Waals surface area contributed by atoms with Crippen molar-refractivity contribution in [3.05, 3.63) is 54.7 Å². The van der Waals surface area contributed by atoms with Crippen molar-refractivity contribution in [2.45, 2.75) is 32.3 Å². The number of para-hydroxylation sites is 2. The van der Waals surface area contributed by atoms with Gasteiger partial charge in [-0.25, -0.2) is 9.97 Å². The number of benzene rings is 1. The van der Waals surface area contributed by atoms with E-state index >= 15 is 0 Å². The number of carbonyl (C=O) groups excluding carboxylic acids is 1. The molecule has 172 valence electrons. The first-order valence-corrected chi connectivity index (χ1v) is 11.4. The molecule has 2 aliphatic rings. The number of aromatic nitrogens is 4. The summed E-state index contributed by atoms with van der Waals surface area (Å²) >= 11 is 0. The predicted molar refractivity (Wildman–Crippen MR) is 123 cm³/mol. The van der Waals surface area contributed by atoms with Gasteiger partial charge in [-0.3, -0.25) is 9.36 Å². The summed E-state index contributed by atoms with van der Waals surface area (Å²) in [6.07, 6.45) is 7.60. The molecule has 1 fully saturated rings. The van der Waals surface area contributed by atoms with E-state index in [9.17, 15) is 4.79 Å². The molecule has 0 radical (unpaired) electrons. The number of anilines is 1. The fourth-order valence-corrected chi connectivity index (χ4v) is 4.36. The number of hydrogen-bond donors (Lipinski definition) is 1. The van der Waals surface area contributed by atoms with Gasteiger partial charge in [0.25, 0.3) is 0 Å². The molecule has 2 aromatic heterocycles. The Labute approximate surface area is 192 Å². The van der Waals surface area contributed by atoms with Crippen LogP contribution in [0.4, 0.5) is 5.82 Å². The van der Waals surface area contributed by atoms with E-state index in [1.165, 1.54) is 0 Å². The third-order valence-corrected chi connectivity index (χ3v) is 5.98. The number of hydrogen-bond acceptors (Lipinski definition) is 7. The molecule has 0 spiro atoms. The molecule has 2 unspecified atom stereocenters. The zero-order valence-corrected chi connectivity index (χ0v) is 18.7. The van der Waals surface area contributed by atoms with Crippen LogP contribution in [0.1, 0.15) is 25.0 Å². The topological polar surface area (TPSA) is 94.4 Å². The highest BCUT2D eigenvalue weighted by molar-refractivity contribution is 5.76. The molecule has 5 rings (SSSR count). The quantitative estimate of drug-likeness (QED) is 0.619. The average Bonchev–Trinajstić information content (AvgIpc) is 3.38. The van der Waals surface area contributed by atoms with Crippen LogP contribution >= 0.6 is 0 Å². The second kappa shape index (κ2) is 9.48. The lowest BCUT2D eigenvalue weighted by Crippen LogP contribution is -2.42. The number of ether oxygens (including phenoxy) is 2. The van der Waals surface area contributed by atoms with E-state index in [2.05, 4.69) is 20.2 Å². The van der Waals surface area contributed by atoms with Crippen molar-refractivity contribution in [1.82, 2.24) is 24.8 Å². The van der Waals surface area contributed by atoms with E-state index < -0.39 is 0 Å². The first kappa shape index (κ1) is 21.2. The second-order valence-electron chi connectivity index (χ2n) is 8.60. The number of fused-ring (bicyclic) bond motifs is 1. The van der Waals surface area contributed by atoms with Gasteiger partial charge < -0.3 is 19.7 Å². The van der Waals surface area contributed by atoms with Crippen LogP contribution in [0.25, 0.3) is 5.95 Å². The molecule has 1 saturated heterocycles. The molecule has 2 aliphatic heterocycles. The molecule has 4 heterocycles. The maximum Gasteiger partial charge on any atom is 0.237 e. The number of amides is 1. The molecule has 9 heteroatoms. The van der Waals surface area contributed by atoms with E-state index in [1.807, 2.05) is 43.5 Å². The zero-order valence-electron chi connectivity index (χ0n) is 18.7. The lowest BCUT2D eigenvalue weighted by Gasteiger charge is -2.33. The Morgan fingerprint density at radius 1 is 1.24 bits per heavy atom. The van der Waals surface area contributed by atoms with Gasteiger partial charge in [0.1, 0.15) is 24.9 Å². The van der Waals surface area contributed by atoms with Crippen molar-refractivity contribution in [2.75, 3.05) is 31.1 Å². The minimum absolute atomic E-state index is 0.0438. The van der Waals surface area contributed by atoms with Gasteiger partial charge in [0.05, 0.1) is 6.54 Å². The normalized spacial score (nSPS) is 19.8. The highest BCUT2D eigenvalue weighted by atomic mass is 16.6. The molecule has 0 aliphatic carbocycles. The maximum absolute atomic E-state index is 12.6. The molecule has 1 N–H and O–H groups in total. The van der Waals surface area contributed by atoms with E-state index in [4.69, 9.17) is 14.5 Å². The second-order valence-corrected chi connectivity index (χ2v) is 8.60. The number of piperidine rings is 1. The molecular formula is C24H28N6O3. The third-order valence-electron chi connectivity index (χ3n) is 5.98. The van der Waals surface area contributed by atoms with Gasteiger partial charge in [0, 0.05) is 43.7 Å². The van der Waals surface area contributed by atoms with Crippen molar-refractivity contribution >= 4 is 11.7 Å². The summed E-state index contributed by atoms with van der Waals surface area (Å²) in [5.74, 6) is 3.29. The lowest BCUT2D eigenvalue weighted by atomic mass is 9.94. The minimum Gasteiger partial charge on any atom is -0.486 e. The fraction of sp³-hybridized carbons (Fsp3) is 0.417. The predicted octanol–water partition coefficient (Wildman–Crippen LogP) is 2.53. The van der Waals surface area contributed by atoms with Crippen LogP contribution in [0.15, 0.2) is 49.1 Å². The first-order chi connectivity index (χ1) is 16.1. The number of nitrogens with one attached hydrogen (secondary N) is 1. The summed E-state index contributed by atoms with van der Waals surface area (Å²) < 4.78 is 13.5. The zero-order chi connectivity index (χ0) is 22.6. The van der Waals surface area contributed by atoms with Crippen molar-refractivity contribution in [3.8, 4) is 17.4 Å². The summed E-state index contributed by atoms with van der Waals surface area (Å²) in [7, 11) is 0. The monoisotopic (exact) mass is 448 g/mol. The number of rotatable bonds is 6. The van der Waals surface area contributed by atoms with Crippen LogP contribution in [-0.2, 0) is 4.79 Å². The minimum atomic E-state index is -0.183. The smallest absolute Gasteiger partial charge is 0.237 e. The lowest BCUT2D eigenvalue weighted by molar-refractivity contribution is -0.122. The van der Waals surface area contributed by atoms with Crippen LogP contribution in [0, 0.1) is 12.8 Å². The summed E-state index contributed by atoms with van der Waals surface area (Å²) in [5, 5.41) is 3.02. The number of aryl methyl sites for hydroxylation is 1. The molecule has 3 aromatic rings. The van der Waals surface area contributed by atoms with Gasteiger partial charge in [-0.2, -0.15) is 4.98 Å². The standard InChI is InChI=1S/C24H28N6O3/c1-17-11-22(28-24(27-17)30-10-8-25-16-30)29-9-4-5-18(14-29)12-23(31)26-13-19-15-32-20-6-2-3-7-21(20)33-19/h2-3,6-8,10-11,16,18-19H,4-5,9,12-15H2,1H3,(H,26,31). The van der Waals surface area contributed by atoms with Crippen molar-refractivity contribution in [3.63, 3.8) is 0 Å². The van der Waals surface area contributed by atoms with Gasteiger partial charge in [0.15, 0.2) is 11.5 Å². The van der Waals surface area contributed by atoms with Crippen molar-refractivity contribution < 1.29 is 14.3 Å². The van der Waals surface area contributed by atoms with Gasteiger partial charge >= 0.3 is 0 Å². The number of imidazole rings is 1. The van der Waals surface area contributed by atoms with Crippen molar-refractivity contribution in [1.29, 1.82) is 0 Å². The molecule has 0 saturated carbocycles. The Morgan fingerprint density at radius 3 is 2.97 bits per heavy atom. The maximum atomic E-state index is 12.6. The Balaban J connectivity index is 1.15. The van der Waals surface area contributed by atoms with Gasteiger partial charge in [-0.1, -0.05) is 12.1 Å². The first-order valence-electron chi connectivity index (χ1n) is 11.4. The van der Waals surface area contributed by atoms with E-state index in [0.717, 1.165) is 48.9 Å². The third kappa shape index (κ3) is 5.08. The molecular weight excluding hydrogens is 420 g/mol. The Hall–Kier alpha value is -3.62. The molecule has 1 aromatic carbocycles. The molecule has 0 bridgehead atoms. The van der Waals surface area contributed by atoms with E-state index in [0.29, 0.717) is 25.5 Å². The van der Waals surface area contributed by atoms with Crippen LogP contribution in [0.2, 0.25) is 0 Å². The molecule has 9 nitrogen and oxygen atoms in total. The summed E-state index contributed by atoms with van der Waals surface area (Å²) in [4.78, 5) is 28.2. The summed E-state index contributed by atoms with van der Waals surface area (Å²) in [6, 6.07) is 9.60. The van der Waals surface area contributed by atoms with Crippen LogP contribution in [0.5, 0.6) is 11.5 Å². The van der Waals surface area contributed by atoms with Crippen molar-refractivity contribution in [2.24, 2.45) is 5.92 Å². The summed E-state index contributed by atoms with van der Waals surface area (Å²) in [5.41, 5.74) is 0.903. The summed E-state index contributed by atoms with van der Waals surface area (Å²) in [6.45, 7) is 4.55. The van der Waals surface area contributed by atoms with Gasteiger partial charge in [-0.05, 0) is 37.8 Å². The van der Waals surface area contributed by atoms with E-state index in [-0.39, 0.29) is 17.9 Å². The van der Waals surface area contributed by atoms with Crippen LogP contribution in [-0.4, -0.2) is 57.8 Å². The Kier molecular flexibility index (Phi) is 6.10. The van der Waals surface area contributed by atoms with E-state index in [1.54, 1.807) is 17.1 Å². The molecule has 1 amide bonds. The fourth-order valence-electron chi connectivity index (χ4n) is 4.36. The average molecular weight is 449 g/mol. The molecule has 2 atom stereocenters. The van der Waals surface area contributed by atoms with Crippen LogP contribution in [0.3, 0.4) is 0 Å². The van der Waals surface area contributed by atoms with Crippen LogP contribution < -0.4 is 19.7 Å². The largest absolute Gasteiger partial charge is 0.486 e. The number of carbonyl (C=O) groups is 1. The highest BCUT2D eigenvalue weighted by Crippen LogP contribution is 2.30. The Morgan fingerprint density at radius 2 is 2.12 bits per heavy atom. The number of nitrogens with zero attached hydrogens (tertiary/aromatic N) is 5. The van der Waals surface area contributed by atoms with Gasteiger partial charge in [-0.15, -0.1) is 0 Å². The molecule has 33 heavy (non-hydrogen) atoms. The van der Waals surface area contributed by atoms with Gasteiger partial charge in [0.2, 0.25) is 11.9 Å². The SMILES string of the molecule is Cc1cc(N2CCCC(CC(=O)NCC3COc4ccccc4O3)C2)nc(-n2ccnc2)n1.